The molecule has 1 amide bonds. The number of hydrogen-bond acceptors (Lipinski definition) is 2. The van der Waals surface area contributed by atoms with E-state index in [9.17, 15) is 4.79 Å². The molecule has 0 aromatic heterocycles. The number of amides is 1. The third-order valence-corrected chi connectivity index (χ3v) is 2.72. The van der Waals surface area contributed by atoms with Crippen molar-refractivity contribution in [2.45, 2.75) is 39.2 Å². The zero-order chi connectivity index (χ0) is 12.8. The van der Waals surface area contributed by atoms with Crippen LogP contribution in [0.3, 0.4) is 0 Å². The van der Waals surface area contributed by atoms with E-state index in [4.69, 9.17) is 5.73 Å². The van der Waals surface area contributed by atoms with Crippen LogP contribution in [0.25, 0.3) is 0 Å². The van der Waals surface area contributed by atoms with Crippen LogP contribution in [0.4, 0.5) is 0 Å². The summed E-state index contributed by atoms with van der Waals surface area (Å²) in [5, 5.41) is 2.91. The topological polar surface area (TPSA) is 55.1 Å². The van der Waals surface area contributed by atoms with Gasteiger partial charge >= 0.3 is 0 Å². The molecular formula is C14H22N2O. The van der Waals surface area contributed by atoms with Gasteiger partial charge < -0.3 is 11.1 Å². The minimum Gasteiger partial charge on any atom is -0.355 e. The van der Waals surface area contributed by atoms with Crippen molar-refractivity contribution >= 4 is 5.91 Å². The summed E-state index contributed by atoms with van der Waals surface area (Å²) in [6.45, 7) is 6.68. The van der Waals surface area contributed by atoms with E-state index in [0.717, 1.165) is 0 Å². The van der Waals surface area contributed by atoms with Gasteiger partial charge in [0.25, 0.3) is 0 Å². The van der Waals surface area contributed by atoms with E-state index in [2.05, 4.69) is 37.4 Å². The Labute approximate surface area is 103 Å². The van der Waals surface area contributed by atoms with Crippen LogP contribution < -0.4 is 11.1 Å². The number of benzene rings is 1. The van der Waals surface area contributed by atoms with Crippen molar-refractivity contribution in [3.63, 3.8) is 0 Å². The maximum absolute atomic E-state index is 11.5. The Balaban J connectivity index is 2.44. The van der Waals surface area contributed by atoms with Crippen molar-refractivity contribution < 1.29 is 4.79 Å². The third kappa shape index (κ3) is 5.00. The first-order chi connectivity index (χ1) is 7.99. The van der Waals surface area contributed by atoms with E-state index >= 15 is 0 Å². The second-order valence-corrected chi connectivity index (χ2v) is 4.80. The van der Waals surface area contributed by atoms with Crippen LogP contribution in [0, 0.1) is 6.92 Å². The molecule has 3 heteroatoms. The summed E-state index contributed by atoms with van der Waals surface area (Å²) >= 11 is 0. The molecule has 2 atom stereocenters. The normalized spacial score (nSPS) is 14.1. The first kappa shape index (κ1) is 13.7. The number of nitrogens with two attached hydrogens (primary N) is 1. The first-order valence-electron chi connectivity index (χ1n) is 6.08. The molecular weight excluding hydrogens is 212 g/mol. The van der Waals surface area contributed by atoms with Gasteiger partial charge in [-0.2, -0.15) is 0 Å². The van der Waals surface area contributed by atoms with Crippen LogP contribution in [0.15, 0.2) is 24.3 Å². The van der Waals surface area contributed by atoms with Gasteiger partial charge in [0.15, 0.2) is 0 Å². The summed E-state index contributed by atoms with van der Waals surface area (Å²) in [6.07, 6.45) is 0.389. The Hall–Kier alpha value is -1.35. The molecule has 0 spiro atoms. The average molecular weight is 234 g/mol. The number of hydrogen-bond donors (Lipinski definition) is 2. The van der Waals surface area contributed by atoms with Gasteiger partial charge in [-0.1, -0.05) is 36.8 Å². The summed E-state index contributed by atoms with van der Waals surface area (Å²) in [7, 11) is 0. The highest BCUT2D eigenvalue weighted by Crippen LogP contribution is 2.15. The molecule has 17 heavy (non-hydrogen) atoms. The SMILES string of the molecule is Cc1cccc(C(C)CNC(=O)CC(C)N)c1. The molecule has 0 saturated heterocycles. The third-order valence-electron chi connectivity index (χ3n) is 2.72. The standard InChI is InChI=1S/C14H22N2O/c1-10-5-4-6-13(7-10)11(2)9-16-14(17)8-12(3)15/h4-7,11-12H,8-9,15H2,1-3H3,(H,16,17). The molecule has 0 aliphatic carbocycles. The van der Waals surface area contributed by atoms with E-state index in [1.165, 1.54) is 11.1 Å². The van der Waals surface area contributed by atoms with Gasteiger partial charge in [0.05, 0.1) is 0 Å². The Morgan fingerprint density at radius 3 is 2.71 bits per heavy atom. The smallest absolute Gasteiger partial charge is 0.221 e. The zero-order valence-electron chi connectivity index (χ0n) is 10.9. The highest BCUT2D eigenvalue weighted by molar-refractivity contribution is 5.76. The summed E-state index contributed by atoms with van der Waals surface area (Å²) in [5.74, 6) is 0.353. The maximum atomic E-state index is 11.5. The molecule has 3 nitrogen and oxygen atoms in total. The number of nitrogens with one attached hydrogen (secondary N) is 1. The van der Waals surface area contributed by atoms with E-state index in [0.29, 0.717) is 18.9 Å². The molecule has 0 radical (unpaired) electrons. The Morgan fingerprint density at radius 1 is 1.41 bits per heavy atom. The van der Waals surface area contributed by atoms with Crippen LogP contribution in [0.5, 0.6) is 0 Å². The van der Waals surface area contributed by atoms with Crippen molar-refractivity contribution in [2.75, 3.05) is 6.54 Å². The predicted molar refractivity (Wildman–Crippen MR) is 70.9 cm³/mol. The molecule has 0 aliphatic heterocycles. The van der Waals surface area contributed by atoms with Gasteiger partial charge in [0.2, 0.25) is 5.91 Å². The lowest BCUT2D eigenvalue weighted by Gasteiger charge is -2.14. The molecule has 0 heterocycles. The second-order valence-electron chi connectivity index (χ2n) is 4.80. The maximum Gasteiger partial charge on any atom is 0.221 e. The summed E-state index contributed by atoms with van der Waals surface area (Å²) in [5.41, 5.74) is 8.07. The van der Waals surface area contributed by atoms with E-state index < -0.39 is 0 Å². The van der Waals surface area contributed by atoms with Crippen LogP contribution in [-0.4, -0.2) is 18.5 Å². The second kappa shape index (κ2) is 6.40. The van der Waals surface area contributed by atoms with Gasteiger partial charge in [0.1, 0.15) is 0 Å². The fraction of sp³-hybridized carbons (Fsp3) is 0.500. The summed E-state index contributed by atoms with van der Waals surface area (Å²) in [6, 6.07) is 8.29. The predicted octanol–water partition coefficient (Wildman–Crippen LogP) is 1.95. The average Bonchev–Trinajstić information content (AvgIpc) is 2.25. The highest BCUT2D eigenvalue weighted by atomic mass is 16.1. The molecule has 1 rings (SSSR count). The van der Waals surface area contributed by atoms with E-state index in [1.54, 1.807) is 0 Å². The van der Waals surface area contributed by atoms with Gasteiger partial charge in [-0.3, -0.25) is 4.79 Å². The molecule has 1 aromatic carbocycles. The molecule has 1 aromatic rings. The molecule has 0 fully saturated rings. The highest BCUT2D eigenvalue weighted by Gasteiger charge is 2.09. The molecule has 94 valence electrons. The lowest BCUT2D eigenvalue weighted by molar-refractivity contribution is -0.121. The van der Waals surface area contributed by atoms with Crippen molar-refractivity contribution in [1.82, 2.24) is 5.32 Å². The molecule has 2 unspecified atom stereocenters. The fourth-order valence-corrected chi connectivity index (χ4v) is 1.73. The van der Waals surface area contributed by atoms with Gasteiger partial charge in [-0.15, -0.1) is 0 Å². The van der Waals surface area contributed by atoms with Crippen molar-refractivity contribution in [3.8, 4) is 0 Å². The van der Waals surface area contributed by atoms with Crippen molar-refractivity contribution in [3.05, 3.63) is 35.4 Å². The fourth-order valence-electron chi connectivity index (χ4n) is 1.73. The molecule has 0 saturated carbocycles. The Kier molecular flexibility index (Phi) is 5.16. The molecule has 0 bridgehead atoms. The molecule has 0 aliphatic rings. The van der Waals surface area contributed by atoms with Crippen LogP contribution in [0.2, 0.25) is 0 Å². The van der Waals surface area contributed by atoms with E-state index in [-0.39, 0.29) is 11.9 Å². The number of aryl methyl sites for hydroxylation is 1. The van der Waals surface area contributed by atoms with Gasteiger partial charge in [-0.25, -0.2) is 0 Å². The number of carbonyl (C=O) groups is 1. The Morgan fingerprint density at radius 2 is 2.12 bits per heavy atom. The monoisotopic (exact) mass is 234 g/mol. The van der Waals surface area contributed by atoms with Crippen LogP contribution in [0.1, 0.15) is 37.3 Å². The lowest BCUT2D eigenvalue weighted by Crippen LogP contribution is -2.32. The Bertz CT molecular complexity index is 374. The van der Waals surface area contributed by atoms with Crippen molar-refractivity contribution in [1.29, 1.82) is 0 Å². The minimum absolute atomic E-state index is 0.0273. The largest absolute Gasteiger partial charge is 0.355 e. The van der Waals surface area contributed by atoms with Crippen molar-refractivity contribution in [2.24, 2.45) is 5.73 Å². The van der Waals surface area contributed by atoms with Crippen LogP contribution >= 0.6 is 0 Å². The van der Waals surface area contributed by atoms with Gasteiger partial charge in [-0.05, 0) is 25.3 Å². The lowest BCUT2D eigenvalue weighted by atomic mass is 9.99. The first-order valence-corrected chi connectivity index (χ1v) is 6.08. The number of rotatable bonds is 5. The molecule has 3 N–H and O–H groups in total. The van der Waals surface area contributed by atoms with E-state index in [1.807, 2.05) is 13.0 Å². The summed E-state index contributed by atoms with van der Waals surface area (Å²) in [4.78, 5) is 11.5. The quantitative estimate of drug-likeness (QED) is 0.818. The van der Waals surface area contributed by atoms with Crippen LogP contribution in [-0.2, 0) is 4.79 Å². The summed E-state index contributed by atoms with van der Waals surface area (Å²) < 4.78 is 0. The number of carbonyl (C=O) groups excluding carboxylic acids is 1. The minimum atomic E-state index is -0.0794. The van der Waals surface area contributed by atoms with Gasteiger partial charge in [0, 0.05) is 19.0 Å². The zero-order valence-corrected chi connectivity index (χ0v) is 10.9.